The lowest BCUT2D eigenvalue weighted by Crippen LogP contribution is -2.54. The quantitative estimate of drug-likeness (QED) is 0.0162. The summed E-state index contributed by atoms with van der Waals surface area (Å²) in [6, 6.07) is 7.23. The van der Waals surface area contributed by atoms with Gasteiger partial charge in [0.1, 0.15) is 24.5 Å². The summed E-state index contributed by atoms with van der Waals surface area (Å²) in [6.07, 6.45) is 1.06. The van der Waals surface area contributed by atoms with E-state index in [4.69, 9.17) is 24.9 Å². The molecule has 4 aliphatic rings. The van der Waals surface area contributed by atoms with Crippen LogP contribution in [-0.2, 0) is 98.5 Å². The molecule has 0 bridgehead atoms. The van der Waals surface area contributed by atoms with Crippen LogP contribution in [0.2, 0.25) is 0 Å². The molecule has 5 heterocycles. The average Bonchev–Trinajstić information content (AvgIpc) is 1.74. The summed E-state index contributed by atoms with van der Waals surface area (Å²) < 4.78 is 33.1. The van der Waals surface area contributed by atoms with E-state index in [0.29, 0.717) is 33.2 Å². The molecule has 9 N–H and O–H groups in total. The Bertz CT molecular complexity index is 3460. The van der Waals surface area contributed by atoms with Gasteiger partial charge in [0.25, 0.3) is 17.4 Å². The topological polar surface area (TPSA) is 383 Å². The molecule has 0 radical (unpaired) electrons. The Hall–Kier alpha value is -9.28. The Labute approximate surface area is 483 Å². The number of fused-ring (bicyclic) bond motifs is 5. The Balaban J connectivity index is 0.887. The van der Waals surface area contributed by atoms with Gasteiger partial charge in [0.15, 0.2) is 5.60 Å². The second-order valence-corrected chi connectivity index (χ2v) is 20.6. The number of aliphatic hydroxyl groups is 1. The van der Waals surface area contributed by atoms with E-state index in [1.54, 1.807) is 44.2 Å². The number of pyridine rings is 2. The summed E-state index contributed by atoms with van der Waals surface area (Å²) in [5.41, 5.74) is 6.21. The Morgan fingerprint density at radius 1 is 0.859 bits per heavy atom. The zero-order valence-electron chi connectivity index (χ0n) is 46.4. The van der Waals surface area contributed by atoms with Crippen molar-refractivity contribution < 1.29 is 81.6 Å². The number of aromatic nitrogens is 2. The summed E-state index contributed by atoms with van der Waals surface area (Å²) in [5.74, 6) is -9.63. The molecule has 85 heavy (non-hydrogen) atoms. The van der Waals surface area contributed by atoms with Crippen LogP contribution in [0.5, 0.6) is 0 Å². The number of aliphatic carboxylic acids is 1. The highest BCUT2D eigenvalue weighted by Crippen LogP contribution is 2.47. The normalized spacial score (nSPS) is 17.0. The number of carbonyl (C=O) groups excluding carboxylic acids is 10. The molecule has 2 aromatic heterocycles. The Kier molecular flexibility index (Phi) is 19.6. The van der Waals surface area contributed by atoms with Crippen LogP contribution in [0.4, 0.5) is 4.39 Å². The summed E-state index contributed by atoms with van der Waals surface area (Å²) >= 11 is 0. The fourth-order valence-corrected chi connectivity index (χ4v) is 10.7. The van der Waals surface area contributed by atoms with Crippen molar-refractivity contribution in [3.8, 4) is 11.4 Å². The number of halogens is 1. The third kappa shape index (κ3) is 14.0. The van der Waals surface area contributed by atoms with Crippen LogP contribution in [0, 0.1) is 12.7 Å². The minimum Gasteiger partial charge on any atom is -0.481 e. The van der Waals surface area contributed by atoms with Crippen molar-refractivity contribution in [1.82, 2.24) is 45.9 Å². The van der Waals surface area contributed by atoms with E-state index in [1.807, 2.05) is 0 Å². The van der Waals surface area contributed by atoms with E-state index in [9.17, 15) is 63.0 Å². The number of nitrogens with one attached hydrogen (secondary N) is 5. The largest absolute Gasteiger partial charge is 0.481 e. The van der Waals surface area contributed by atoms with Crippen LogP contribution < -0.4 is 37.9 Å². The van der Waals surface area contributed by atoms with Crippen LogP contribution in [0.15, 0.2) is 59.4 Å². The number of rotatable bonds is 28. The smallest absolute Gasteiger partial charge is 0.343 e. The van der Waals surface area contributed by atoms with E-state index >= 15 is 9.18 Å². The number of hydrogen-bond donors (Lipinski definition) is 8. The molecular formula is C57H63FN10O17. The number of carboxylic acid groups (broad SMARTS) is 1. The first-order valence-electron chi connectivity index (χ1n) is 27.3. The predicted octanol–water partition coefficient (Wildman–Crippen LogP) is -1.40. The predicted molar refractivity (Wildman–Crippen MR) is 293 cm³/mol. The molecule has 4 atom stereocenters. The number of carbonyl (C=O) groups is 11. The van der Waals surface area contributed by atoms with Gasteiger partial charge in [-0.2, -0.15) is 0 Å². The number of ether oxygens (including phenoxy) is 3. The van der Waals surface area contributed by atoms with Crippen molar-refractivity contribution in [3.63, 3.8) is 0 Å². The zero-order valence-corrected chi connectivity index (χ0v) is 46.4. The van der Waals surface area contributed by atoms with Gasteiger partial charge in [-0.15, -0.1) is 0 Å². The highest BCUT2D eigenvalue weighted by atomic mass is 19.1. The summed E-state index contributed by atoms with van der Waals surface area (Å²) in [4.78, 5) is 162. The maximum Gasteiger partial charge on any atom is 0.343 e. The molecule has 1 aliphatic carbocycles. The molecule has 0 saturated heterocycles. The number of esters is 1. The number of amides is 9. The van der Waals surface area contributed by atoms with Gasteiger partial charge >= 0.3 is 11.9 Å². The number of aryl methyl sites for hydroxylation is 1. The van der Waals surface area contributed by atoms with Crippen LogP contribution in [0.25, 0.3) is 22.3 Å². The molecule has 9 amide bonds. The second-order valence-electron chi connectivity index (χ2n) is 20.6. The highest BCUT2D eigenvalue weighted by Gasteiger charge is 2.47. The van der Waals surface area contributed by atoms with Gasteiger partial charge in [-0.3, -0.25) is 57.6 Å². The van der Waals surface area contributed by atoms with Crippen molar-refractivity contribution in [2.75, 3.05) is 59.2 Å². The first kappa shape index (κ1) is 61.8. The SMILES string of the molecule is CC[C@@]1(O)C(=O)OCc2c1cc1n(c2=O)Cc2c-1nc1cc(F)c(C)c3c1c2[C@@H](N(CC(N)=O)C(=O)[C@H](Cc1ccccc1)NC(=O)CNC(=O)CNC(=O)[C@H](CC(=O)O)NC(=O)CCOCCOCCNC(=O)CCN1C(=O)C=CC1=O)CC3. The number of imide groups is 1. The molecule has 4 aromatic rings. The highest BCUT2D eigenvalue weighted by molar-refractivity contribution is 6.13. The van der Waals surface area contributed by atoms with Gasteiger partial charge in [-0.1, -0.05) is 37.3 Å². The van der Waals surface area contributed by atoms with E-state index in [0.717, 1.165) is 17.1 Å². The molecule has 450 valence electrons. The molecule has 0 spiro atoms. The maximum absolute atomic E-state index is 15.8. The summed E-state index contributed by atoms with van der Waals surface area (Å²) in [7, 11) is 0. The van der Waals surface area contributed by atoms with Crippen LogP contribution in [-0.4, -0.2) is 166 Å². The molecule has 0 saturated carbocycles. The van der Waals surface area contributed by atoms with Crippen molar-refractivity contribution >= 4 is 76.0 Å². The molecule has 8 rings (SSSR count). The van der Waals surface area contributed by atoms with Crippen molar-refractivity contribution in [2.24, 2.45) is 5.73 Å². The average molecular weight is 1180 g/mol. The Morgan fingerprint density at radius 3 is 2.25 bits per heavy atom. The van der Waals surface area contributed by atoms with E-state index in [2.05, 4.69) is 26.6 Å². The minimum absolute atomic E-state index is 0.0351. The lowest BCUT2D eigenvalue weighted by molar-refractivity contribution is -0.172. The van der Waals surface area contributed by atoms with Gasteiger partial charge in [0, 0.05) is 67.1 Å². The fraction of sp³-hybridized carbons (Fsp3) is 0.421. The maximum atomic E-state index is 15.8. The summed E-state index contributed by atoms with van der Waals surface area (Å²) in [6.45, 7) is 0.602. The standard InChI is InChI=1S/C57H63FN10O17/c1-3-57(82)35-22-41-52-33(27-67(41)54(79)34(35)29-85-56(57)81)51-40(10-9-32-30(2)36(58)23-37(65-52)50(32)51)68(28-42(59)69)55(80)39(21-31-7-5-4-6-8-31)64-46(73)26-61-45(72)25-62-53(78)38(24-49(76)77)63-44(71)14-17-83-19-20-84-18-15-60-43(70)13-16-66-47(74)11-12-48(66)75/h4-8,11-12,22-23,38-40,82H,3,9-10,13-21,24-29H2,1-2H3,(H2,59,69)(H,60,70)(H,61,72)(H,62,78)(H,63,71)(H,64,73)(H,76,77)/t38-,39-,40-,57-/m0/s1. The fourth-order valence-electron chi connectivity index (χ4n) is 10.7. The van der Waals surface area contributed by atoms with Crippen LogP contribution >= 0.6 is 0 Å². The second kappa shape index (κ2) is 27.0. The van der Waals surface area contributed by atoms with Crippen LogP contribution in [0.1, 0.15) is 84.0 Å². The number of nitrogens with zero attached hydrogens (tertiary/aromatic N) is 4. The molecule has 0 fully saturated rings. The van der Waals surface area contributed by atoms with Crippen molar-refractivity contribution in [3.05, 3.63) is 110 Å². The summed E-state index contributed by atoms with van der Waals surface area (Å²) in [5, 5.41) is 33.6. The molecule has 3 aliphatic heterocycles. The minimum atomic E-state index is -2.15. The molecule has 0 unspecified atom stereocenters. The number of primary amides is 1. The first-order chi connectivity index (χ1) is 40.6. The number of carboxylic acids is 1. The first-order valence-corrected chi connectivity index (χ1v) is 27.3. The third-order valence-electron chi connectivity index (χ3n) is 15.0. The van der Waals surface area contributed by atoms with E-state index in [1.165, 1.54) is 21.6 Å². The zero-order chi connectivity index (χ0) is 61.3. The lowest BCUT2D eigenvalue weighted by atomic mass is 9.80. The van der Waals surface area contributed by atoms with E-state index < -0.39 is 133 Å². The Morgan fingerprint density at radius 2 is 1.55 bits per heavy atom. The molecule has 27 nitrogen and oxygen atoms in total. The van der Waals surface area contributed by atoms with Gasteiger partial charge in [0.2, 0.25) is 41.4 Å². The number of hydrogen-bond acceptors (Lipinski definition) is 17. The third-order valence-corrected chi connectivity index (χ3v) is 15.0. The van der Waals surface area contributed by atoms with Gasteiger partial charge < -0.3 is 66.2 Å². The van der Waals surface area contributed by atoms with E-state index in [-0.39, 0.29) is 113 Å². The van der Waals surface area contributed by atoms with Gasteiger partial charge in [0.05, 0.1) is 87.5 Å². The molecular weight excluding hydrogens is 1120 g/mol. The molecule has 28 heteroatoms. The number of benzene rings is 2. The van der Waals surface area contributed by atoms with Crippen molar-refractivity contribution in [1.29, 1.82) is 0 Å². The molecule has 2 aromatic carbocycles. The van der Waals surface area contributed by atoms with Gasteiger partial charge in [-0.05, 0) is 54.5 Å². The van der Waals surface area contributed by atoms with Crippen molar-refractivity contribution in [2.45, 2.75) is 95.7 Å². The number of nitrogens with two attached hydrogens (primary N) is 1. The lowest BCUT2D eigenvalue weighted by Gasteiger charge is -2.38. The monoisotopic (exact) mass is 1180 g/mol. The van der Waals surface area contributed by atoms with Gasteiger partial charge in [-0.25, -0.2) is 14.2 Å². The number of cyclic esters (lactones) is 1. The van der Waals surface area contributed by atoms with Crippen LogP contribution in [0.3, 0.4) is 0 Å².